The van der Waals surface area contributed by atoms with E-state index < -0.39 is 11.9 Å². The number of rotatable bonds is 4. The zero-order chi connectivity index (χ0) is 16.3. The fourth-order valence-electron chi connectivity index (χ4n) is 2.89. The second-order valence-corrected chi connectivity index (χ2v) is 5.17. The van der Waals surface area contributed by atoms with E-state index in [0.29, 0.717) is 23.4 Å². The summed E-state index contributed by atoms with van der Waals surface area (Å²) in [6.45, 7) is 6.07. The van der Waals surface area contributed by atoms with E-state index in [9.17, 15) is 14.0 Å². The maximum atomic E-state index is 13.5. The van der Waals surface area contributed by atoms with Crippen molar-refractivity contribution in [2.24, 2.45) is 0 Å². The normalized spacial score (nSPS) is 18.6. The molecule has 4 nitrogen and oxygen atoms in total. The number of carbonyl (C=O) groups is 2. The average Bonchev–Trinajstić information content (AvgIpc) is 2.47. The quantitative estimate of drug-likeness (QED) is 0.803. The first-order valence-corrected chi connectivity index (χ1v) is 7.43. The lowest BCUT2D eigenvalue weighted by Crippen LogP contribution is -2.38. The summed E-state index contributed by atoms with van der Waals surface area (Å²) in [5, 5.41) is 0. The lowest BCUT2D eigenvalue weighted by molar-refractivity contribution is -0.140. The van der Waals surface area contributed by atoms with E-state index in [0.717, 1.165) is 0 Å². The van der Waals surface area contributed by atoms with Crippen LogP contribution in [0.25, 0.3) is 0 Å². The number of nitrogens with zero attached hydrogens (tertiary/aromatic N) is 1. The average molecular weight is 305 g/mol. The van der Waals surface area contributed by atoms with Crippen LogP contribution in [0.1, 0.15) is 38.7 Å². The van der Waals surface area contributed by atoms with Gasteiger partial charge in [-0.2, -0.15) is 0 Å². The topological polar surface area (TPSA) is 46.6 Å². The Morgan fingerprint density at radius 3 is 2.73 bits per heavy atom. The highest BCUT2D eigenvalue weighted by atomic mass is 19.1. The molecule has 0 bridgehead atoms. The van der Waals surface area contributed by atoms with Crippen LogP contribution in [0.2, 0.25) is 0 Å². The number of allylic oxidation sites excluding steroid dienone is 1. The fourth-order valence-corrected chi connectivity index (χ4v) is 2.89. The minimum Gasteiger partial charge on any atom is -0.463 e. The molecule has 1 unspecified atom stereocenters. The molecule has 0 fully saturated rings. The van der Waals surface area contributed by atoms with Crippen molar-refractivity contribution in [2.45, 2.75) is 33.1 Å². The lowest BCUT2D eigenvalue weighted by atomic mass is 9.83. The van der Waals surface area contributed by atoms with Crippen LogP contribution in [0, 0.1) is 5.82 Å². The summed E-state index contributed by atoms with van der Waals surface area (Å²) in [6.07, 6.45) is 0.142. The van der Waals surface area contributed by atoms with E-state index in [1.165, 1.54) is 12.1 Å². The number of hydrogen-bond acceptors (Lipinski definition) is 3. The lowest BCUT2D eigenvalue weighted by Gasteiger charge is -2.33. The van der Waals surface area contributed by atoms with Crippen molar-refractivity contribution in [2.75, 3.05) is 13.2 Å². The van der Waals surface area contributed by atoms with Crippen LogP contribution in [0.15, 0.2) is 35.5 Å². The third-order valence-corrected chi connectivity index (χ3v) is 3.89. The van der Waals surface area contributed by atoms with Gasteiger partial charge in [-0.15, -0.1) is 0 Å². The molecule has 1 amide bonds. The van der Waals surface area contributed by atoms with Gasteiger partial charge in [-0.3, -0.25) is 4.79 Å². The Morgan fingerprint density at radius 2 is 2.14 bits per heavy atom. The number of hydrogen-bond donors (Lipinski definition) is 0. The van der Waals surface area contributed by atoms with Crippen molar-refractivity contribution >= 4 is 11.9 Å². The van der Waals surface area contributed by atoms with E-state index in [1.807, 2.05) is 6.92 Å². The molecule has 0 saturated heterocycles. The number of esters is 1. The third kappa shape index (κ3) is 3.03. The Hall–Kier alpha value is -2.17. The van der Waals surface area contributed by atoms with Gasteiger partial charge < -0.3 is 9.64 Å². The Kier molecular flexibility index (Phi) is 4.96. The van der Waals surface area contributed by atoms with Crippen LogP contribution in [0.5, 0.6) is 0 Å². The highest BCUT2D eigenvalue weighted by Crippen LogP contribution is 2.37. The Morgan fingerprint density at radius 1 is 1.41 bits per heavy atom. The number of ether oxygens (including phenoxy) is 1. The standard InChI is InChI=1S/C17H20FNO3/c1-4-19-11(3)16(17(21)22-5-2)14(10-15(19)20)12-7-6-8-13(18)9-12/h6-9,14H,4-5,10H2,1-3H3. The smallest absolute Gasteiger partial charge is 0.336 e. The van der Waals surface area contributed by atoms with E-state index >= 15 is 0 Å². The third-order valence-electron chi connectivity index (χ3n) is 3.89. The molecular weight excluding hydrogens is 285 g/mol. The van der Waals surface area contributed by atoms with E-state index in [4.69, 9.17) is 4.74 Å². The highest BCUT2D eigenvalue weighted by molar-refractivity contribution is 5.95. The Labute approximate surface area is 129 Å². The summed E-state index contributed by atoms with van der Waals surface area (Å²) in [5.74, 6) is -1.36. The molecule has 118 valence electrons. The molecular formula is C17H20FNO3. The number of carbonyl (C=O) groups excluding carboxylic acids is 2. The van der Waals surface area contributed by atoms with Crippen LogP contribution in [0.4, 0.5) is 4.39 Å². The van der Waals surface area contributed by atoms with Crippen LogP contribution in [0.3, 0.4) is 0 Å². The molecule has 0 spiro atoms. The summed E-state index contributed by atoms with van der Waals surface area (Å²) in [4.78, 5) is 26.2. The molecule has 22 heavy (non-hydrogen) atoms. The zero-order valence-electron chi connectivity index (χ0n) is 13.1. The fraction of sp³-hybridized carbons (Fsp3) is 0.412. The molecule has 0 radical (unpaired) electrons. The Balaban J connectivity index is 2.53. The maximum absolute atomic E-state index is 13.5. The van der Waals surface area contributed by atoms with Crippen molar-refractivity contribution in [3.05, 3.63) is 46.9 Å². The molecule has 0 aliphatic carbocycles. The van der Waals surface area contributed by atoms with Crippen molar-refractivity contribution in [1.82, 2.24) is 4.90 Å². The second kappa shape index (κ2) is 6.73. The van der Waals surface area contributed by atoms with Crippen molar-refractivity contribution < 1.29 is 18.7 Å². The van der Waals surface area contributed by atoms with Gasteiger partial charge in [0.15, 0.2) is 0 Å². The van der Waals surface area contributed by atoms with Gasteiger partial charge in [0.05, 0.1) is 12.2 Å². The zero-order valence-corrected chi connectivity index (χ0v) is 13.1. The number of amides is 1. The van der Waals surface area contributed by atoms with Gasteiger partial charge in [-0.1, -0.05) is 12.1 Å². The monoisotopic (exact) mass is 305 g/mol. The van der Waals surface area contributed by atoms with Gasteiger partial charge in [-0.25, -0.2) is 9.18 Å². The van der Waals surface area contributed by atoms with Crippen molar-refractivity contribution in [1.29, 1.82) is 0 Å². The van der Waals surface area contributed by atoms with Crippen LogP contribution in [-0.4, -0.2) is 29.9 Å². The van der Waals surface area contributed by atoms with E-state index in [-0.39, 0.29) is 24.8 Å². The molecule has 0 saturated carbocycles. The molecule has 0 aromatic heterocycles. The molecule has 1 aliphatic rings. The summed E-state index contributed by atoms with van der Waals surface area (Å²) in [6, 6.07) is 6.02. The minimum atomic E-state index is -0.468. The maximum Gasteiger partial charge on any atom is 0.336 e. The predicted octanol–water partition coefficient (Wildman–Crippen LogP) is 3.00. The minimum absolute atomic E-state index is 0.0673. The summed E-state index contributed by atoms with van der Waals surface area (Å²) in [5.41, 5.74) is 1.65. The van der Waals surface area contributed by atoms with Gasteiger partial charge in [0, 0.05) is 24.6 Å². The van der Waals surface area contributed by atoms with Gasteiger partial charge in [0.1, 0.15) is 5.82 Å². The molecule has 2 rings (SSSR count). The number of halogens is 1. The second-order valence-electron chi connectivity index (χ2n) is 5.17. The van der Waals surface area contributed by atoms with E-state index in [2.05, 4.69) is 0 Å². The van der Waals surface area contributed by atoms with Crippen LogP contribution in [-0.2, 0) is 14.3 Å². The molecule has 1 aromatic rings. The summed E-state index contributed by atoms with van der Waals surface area (Å²) < 4.78 is 18.6. The molecule has 5 heteroatoms. The molecule has 1 atom stereocenters. The van der Waals surface area contributed by atoms with Gasteiger partial charge in [0.25, 0.3) is 0 Å². The molecule has 1 aliphatic heterocycles. The summed E-state index contributed by atoms with van der Waals surface area (Å²) >= 11 is 0. The predicted molar refractivity (Wildman–Crippen MR) is 80.5 cm³/mol. The number of benzene rings is 1. The van der Waals surface area contributed by atoms with Crippen molar-refractivity contribution in [3.8, 4) is 0 Å². The van der Waals surface area contributed by atoms with E-state index in [1.54, 1.807) is 30.9 Å². The van der Waals surface area contributed by atoms with Gasteiger partial charge in [0.2, 0.25) is 5.91 Å². The molecule has 1 heterocycles. The first-order chi connectivity index (χ1) is 10.5. The highest BCUT2D eigenvalue weighted by Gasteiger charge is 2.36. The molecule has 0 N–H and O–H groups in total. The summed E-state index contributed by atoms with van der Waals surface area (Å²) in [7, 11) is 0. The van der Waals surface area contributed by atoms with Gasteiger partial charge >= 0.3 is 5.97 Å². The van der Waals surface area contributed by atoms with Gasteiger partial charge in [-0.05, 0) is 38.5 Å². The SMILES string of the molecule is CCOC(=O)C1=C(C)N(CC)C(=O)CC1c1cccc(F)c1. The largest absolute Gasteiger partial charge is 0.463 e. The first-order valence-electron chi connectivity index (χ1n) is 7.43. The van der Waals surface area contributed by atoms with Crippen molar-refractivity contribution in [3.63, 3.8) is 0 Å². The first kappa shape index (κ1) is 16.2. The Bertz CT molecular complexity index is 624. The molecule has 1 aromatic carbocycles. The van der Waals surface area contributed by atoms with Crippen LogP contribution < -0.4 is 0 Å². The van der Waals surface area contributed by atoms with Crippen LogP contribution >= 0.6 is 0 Å².